The lowest BCUT2D eigenvalue weighted by atomic mass is 10.2. The Hall–Kier alpha value is -2.71. The van der Waals surface area contributed by atoms with Gasteiger partial charge in [-0.25, -0.2) is 4.98 Å². The molecule has 0 saturated carbocycles. The minimum Gasteiger partial charge on any atom is -0.373 e. The van der Waals surface area contributed by atoms with E-state index in [9.17, 15) is 4.79 Å². The van der Waals surface area contributed by atoms with Gasteiger partial charge in [0.1, 0.15) is 0 Å². The first-order valence-electron chi connectivity index (χ1n) is 9.73. The summed E-state index contributed by atoms with van der Waals surface area (Å²) in [5.74, 6) is 0. The fourth-order valence-corrected chi connectivity index (χ4v) is 4.02. The Kier molecular flexibility index (Phi) is 4.37. The number of nitrogens with zero attached hydrogens (tertiary/aromatic N) is 6. The molecule has 2 aromatic heterocycles. The topological polar surface area (TPSA) is 68.4 Å². The smallest absolute Gasteiger partial charge is 0.260 e. The summed E-state index contributed by atoms with van der Waals surface area (Å²) in [5.41, 5.74) is 4.18. The molecule has 1 aromatic carbocycles. The average Bonchev–Trinajstić information content (AvgIpc) is 3.13. The Bertz CT molecular complexity index is 1040. The highest BCUT2D eigenvalue weighted by Gasteiger charge is 2.20. The van der Waals surface area contributed by atoms with Crippen LogP contribution in [-0.2, 0) is 31.5 Å². The fourth-order valence-electron chi connectivity index (χ4n) is 4.02. The molecule has 146 valence electrons. The molecule has 5 rings (SSSR count). The highest BCUT2D eigenvalue weighted by atomic mass is 16.5. The minimum absolute atomic E-state index is 0.00506. The van der Waals surface area contributed by atoms with Gasteiger partial charge in [0.15, 0.2) is 0 Å². The first-order chi connectivity index (χ1) is 13.7. The first kappa shape index (κ1) is 17.4. The van der Waals surface area contributed by atoms with Crippen LogP contribution in [0.1, 0.15) is 11.4 Å². The fraction of sp³-hybridized carbons (Fsp3) is 0.450. The van der Waals surface area contributed by atoms with Crippen LogP contribution in [0, 0.1) is 0 Å². The first-order valence-corrected chi connectivity index (χ1v) is 9.73. The molecule has 2 aliphatic rings. The summed E-state index contributed by atoms with van der Waals surface area (Å²) in [4.78, 5) is 21.4. The molecule has 0 N–H and O–H groups in total. The van der Waals surface area contributed by atoms with Crippen molar-refractivity contribution in [2.75, 3.05) is 37.7 Å². The molecule has 1 saturated heterocycles. The van der Waals surface area contributed by atoms with E-state index in [0.717, 1.165) is 62.8 Å². The number of anilines is 1. The average molecular weight is 380 g/mol. The molecule has 0 bridgehead atoms. The van der Waals surface area contributed by atoms with Gasteiger partial charge in [-0.05, 0) is 24.3 Å². The van der Waals surface area contributed by atoms with Crippen molar-refractivity contribution in [2.24, 2.45) is 7.05 Å². The molecule has 3 aromatic rings. The number of aryl methyl sites for hydroxylation is 1. The van der Waals surface area contributed by atoms with Crippen molar-refractivity contribution < 1.29 is 4.74 Å². The second-order valence-corrected chi connectivity index (χ2v) is 7.53. The Morgan fingerprint density at radius 1 is 1.11 bits per heavy atom. The van der Waals surface area contributed by atoms with Gasteiger partial charge in [0.05, 0.1) is 48.4 Å². The number of rotatable bonds is 3. The van der Waals surface area contributed by atoms with E-state index < -0.39 is 0 Å². The summed E-state index contributed by atoms with van der Waals surface area (Å²) < 4.78 is 9.09. The molecule has 2 aliphatic heterocycles. The predicted molar refractivity (Wildman–Crippen MR) is 106 cm³/mol. The molecule has 8 heteroatoms. The lowest BCUT2D eigenvalue weighted by Gasteiger charge is -2.35. The Labute approximate surface area is 162 Å². The lowest BCUT2D eigenvalue weighted by molar-refractivity contribution is 0.0799. The summed E-state index contributed by atoms with van der Waals surface area (Å²) in [7, 11) is 1.73. The predicted octanol–water partition coefficient (Wildman–Crippen LogP) is 0.982. The van der Waals surface area contributed by atoms with Gasteiger partial charge >= 0.3 is 0 Å². The summed E-state index contributed by atoms with van der Waals surface area (Å²) in [6, 6.07) is 8.12. The molecular formula is C20H24N6O2. The van der Waals surface area contributed by atoms with E-state index in [-0.39, 0.29) is 5.56 Å². The third kappa shape index (κ3) is 3.18. The SMILES string of the molecule is Cn1cnc2cc(N3CCN(Cc4cc5n(n4)CCOC5)CC3)ccc2c1=O. The lowest BCUT2D eigenvalue weighted by Crippen LogP contribution is -2.46. The molecule has 0 unspecified atom stereocenters. The summed E-state index contributed by atoms with van der Waals surface area (Å²) in [6.07, 6.45) is 1.59. The molecule has 1 fully saturated rings. The van der Waals surface area contributed by atoms with Gasteiger partial charge in [-0.3, -0.25) is 14.4 Å². The van der Waals surface area contributed by atoms with Gasteiger partial charge in [-0.15, -0.1) is 0 Å². The monoisotopic (exact) mass is 380 g/mol. The second kappa shape index (κ2) is 7.03. The van der Waals surface area contributed by atoms with Crippen molar-refractivity contribution in [3.05, 3.63) is 52.3 Å². The van der Waals surface area contributed by atoms with Gasteiger partial charge < -0.3 is 14.2 Å². The number of aromatic nitrogens is 4. The van der Waals surface area contributed by atoms with Crippen molar-refractivity contribution in [3.8, 4) is 0 Å². The van der Waals surface area contributed by atoms with Crippen LogP contribution < -0.4 is 10.5 Å². The Morgan fingerprint density at radius 3 is 2.79 bits per heavy atom. The van der Waals surface area contributed by atoms with Crippen molar-refractivity contribution in [3.63, 3.8) is 0 Å². The Morgan fingerprint density at radius 2 is 1.96 bits per heavy atom. The molecule has 8 nitrogen and oxygen atoms in total. The number of hydrogen-bond donors (Lipinski definition) is 0. The van der Waals surface area contributed by atoms with E-state index in [1.54, 1.807) is 13.4 Å². The van der Waals surface area contributed by atoms with Gasteiger partial charge in [-0.2, -0.15) is 5.10 Å². The van der Waals surface area contributed by atoms with Crippen LogP contribution in [0.4, 0.5) is 5.69 Å². The normalized spacial score (nSPS) is 17.8. The summed E-state index contributed by atoms with van der Waals surface area (Å²) in [5, 5.41) is 5.38. The summed E-state index contributed by atoms with van der Waals surface area (Å²) in [6.45, 7) is 7.02. The van der Waals surface area contributed by atoms with Crippen molar-refractivity contribution >= 4 is 16.6 Å². The third-order valence-electron chi connectivity index (χ3n) is 5.64. The van der Waals surface area contributed by atoms with E-state index in [1.807, 2.05) is 18.2 Å². The summed E-state index contributed by atoms with van der Waals surface area (Å²) >= 11 is 0. The second-order valence-electron chi connectivity index (χ2n) is 7.53. The molecular weight excluding hydrogens is 356 g/mol. The molecule has 0 atom stereocenters. The maximum Gasteiger partial charge on any atom is 0.260 e. The highest BCUT2D eigenvalue weighted by molar-refractivity contribution is 5.81. The van der Waals surface area contributed by atoms with E-state index in [1.165, 1.54) is 10.3 Å². The zero-order chi connectivity index (χ0) is 19.1. The van der Waals surface area contributed by atoms with Gasteiger partial charge in [-0.1, -0.05) is 0 Å². The highest BCUT2D eigenvalue weighted by Crippen LogP contribution is 2.21. The quantitative estimate of drug-likeness (QED) is 0.675. The number of hydrogen-bond acceptors (Lipinski definition) is 6. The molecule has 0 spiro atoms. The van der Waals surface area contributed by atoms with Crippen LogP contribution in [0.5, 0.6) is 0 Å². The van der Waals surface area contributed by atoms with Crippen LogP contribution in [0.2, 0.25) is 0 Å². The van der Waals surface area contributed by atoms with Crippen molar-refractivity contribution in [1.29, 1.82) is 0 Å². The van der Waals surface area contributed by atoms with E-state index in [0.29, 0.717) is 12.0 Å². The molecule has 0 radical (unpaired) electrons. The van der Waals surface area contributed by atoms with Crippen LogP contribution in [0.25, 0.3) is 10.9 Å². The molecule has 28 heavy (non-hydrogen) atoms. The van der Waals surface area contributed by atoms with Crippen LogP contribution in [0.15, 0.2) is 35.4 Å². The van der Waals surface area contributed by atoms with E-state index in [4.69, 9.17) is 9.84 Å². The minimum atomic E-state index is -0.00506. The zero-order valence-electron chi connectivity index (χ0n) is 16.0. The van der Waals surface area contributed by atoms with E-state index in [2.05, 4.69) is 25.5 Å². The Balaban J connectivity index is 1.25. The number of fused-ring (bicyclic) bond motifs is 2. The van der Waals surface area contributed by atoms with Crippen LogP contribution in [0.3, 0.4) is 0 Å². The maximum absolute atomic E-state index is 12.2. The van der Waals surface area contributed by atoms with Gasteiger partial charge in [0.25, 0.3) is 5.56 Å². The standard InChI is InChI=1S/C20H24N6O2/c1-23-14-21-19-11-16(2-3-18(19)20(23)27)25-6-4-24(5-7-25)12-15-10-17-13-28-9-8-26(17)22-15/h2-3,10-11,14H,4-9,12-13H2,1H3. The maximum atomic E-state index is 12.2. The third-order valence-corrected chi connectivity index (χ3v) is 5.64. The van der Waals surface area contributed by atoms with Crippen molar-refractivity contribution in [1.82, 2.24) is 24.2 Å². The van der Waals surface area contributed by atoms with Gasteiger partial charge in [0, 0.05) is 45.5 Å². The van der Waals surface area contributed by atoms with Gasteiger partial charge in [0.2, 0.25) is 0 Å². The molecule has 4 heterocycles. The molecule has 0 amide bonds. The number of benzene rings is 1. The number of ether oxygens (including phenoxy) is 1. The largest absolute Gasteiger partial charge is 0.373 e. The molecule has 0 aliphatic carbocycles. The van der Waals surface area contributed by atoms with Crippen LogP contribution >= 0.6 is 0 Å². The zero-order valence-corrected chi connectivity index (χ0v) is 16.0. The number of piperazine rings is 1. The van der Waals surface area contributed by atoms with Crippen molar-refractivity contribution in [2.45, 2.75) is 19.7 Å². The van der Waals surface area contributed by atoms with Crippen LogP contribution in [-0.4, -0.2) is 57.0 Å². The van der Waals surface area contributed by atoms with E-state index >= 15 is 0 Å².